The molecule has 1 heterocycles. The Labute approximate surface area is 156 Å². The molecule has 0 aromatic heterocycles. The number of nitrogens with zero attached hydrogens (tertiary/aromatic N) is 2. The van der Waals surface area contributed by atoms with Gasteiger partial charge in [0, 0.05) is 51.1 Å². The molecule has 0 bridgehead atoms. The molecule has 2 amide bonds. The minimum Gasteiger partial charge on any atom is -0.355 e. The highest BCUT2D eigenvalue weighted by Crippen LogP contribution is 2.28. The Morgan fingerprint density at radius 1 is 0.962 bits per heavy atom. The Bertz CT molecular complexity index is 526. The van der Waals surface area contributed by atoms with E-state index in [2.05, 4.69) is 20.9 Å². The van der Waals surface area contributed by atoms with E-state index in [9.17, 15) is 9.59 Å². The second-order valence-electron chi connectivity index (χ2n) is 7.81. The molecule has 26 heavy (non-hydrogen) atoms. The molecule has 0 spiro atoms. The predicted octanol–water partition coefficient (Wildman–Crippen LogP) is 0.859. The molecule has 0 aromatic rings. The number of hydrogen-bond acceptors (Lipinski definition) is 3. The van der Waals surface area contributed by atoms with Crippen LogP contribution in [-0.2, 0) is 9.59 Å². The minimum atomic E-state index is 0.169. The lowest BCUT2D eigenvalue weighted by molar-refractivity contribution is -0.135. The molecule has 1 aliphatic heterocycles. The lowest BCUT2D eigenvalue weighted by Gasteiger charge is -2.26. The van der Waals surface area contributed by atoms with Crippen LogP contribution >= 0.6 is 0 Å². The number of carbonyl (C=O) groups is 2. The zero-order chi connectivity index (χ0) is 18.4. The van der Waals surface area contributed by atoms with Gasteiger partial charge >= 0.3 is 0 Å². The summed E-state index contributed by atoms with van der Waals surface area (Å²) in [5, 5.41) is 9.59. The fourth-order valence-corrected chi connectivity index (χ4v) is 3.93. The lowest BCUT2D eigenvalue weighted by Crippen LogP contribution is -2.47. The van der Waals surface area contributed by atoms with Crippen molar-refractivity contribution in [2.75, 3.05) is 33.2 Å². The van der Waals surface area contributed by atoms with E-state index in [1.54, 1.807) is 7.05 Å². The van der Waals surface area contributed by atoms with Crippen LogP contribution < -0.4 is 16.0 Å². The molecule has 1 saturated heterocycles. The maximum atomic E-state index is 12.6. The maximum absolute atomic E-state index is 12.6. The van der Waals surface area contributed by atoms with E-state index in [1.807, 2.05) is 4.90 Å². The molecule has 1 unspecified atom stereocenters. The van der Waals surface area contributed by atoms with Crippen LogP contribution in [0, 0.1) is 11.8 Å². The van der Waals surface area contributed by atoms with Crippen molar-refractivity contribution < 1.29 is 9.59 Å². The van der Waals surface area contributed by atoms with E-state index in [0.29, 0.717) is 19.0 Å². The molecular weight excluding hydrogens is 330 g/mol. The topological polar surface area (TPSA) is 85.8 Å². The van der Waals surface area contributed by atoms with Crippen LogP contribution in [0.4, 0.5) is 0 Å². The molecule has 7 nitrogen and oxygen atoms in total. The van der Waals surface area contributed by atoms with E-state index in [0.717, 1.165) is 51.2 Å². The second kappa shape index (κ2) is 9.24. The first-order valence-corrected chi connectivity index (χ1v) is 10.2. The van der Waals surface area contributed by atoms with Crippen LogP contribution in [0.5, 0.6) is 0 Å². The lowest BCUT2D eigenvalue weighted by atomic mass is 9.88. The van der Waals surface area contributed by atoms with Gasteiger partial charge in [-0.15, -0.1) is 0 Å². The van der Waals surface area contributed by atoms with Crippen LogP contribution in [0.15, 0.2) is 4.99 Å². The average molecular weight is 364 g/mol. The third-order valence-electron chi connectivity index (χ3n) is 5.68. The number of likely N-dealkylation sites (tertiary alicyclic amines) is 1. The highest BCUT2D eigenvalue weighted by atomic mass is 16.2. The van der Waals surface area contributed by atoms with Gasteiger partial charge in [0.05, 0.1) is 0 Å². The summed E-state index contributed by atoms with van der Waals surface area (Å²) in [5.41, 5.74) is 0. The highest BCUT2D eigenvalue weighted by molar-refractivity contribution is 5.82. The fourth-order valence-electron chi connectivity index (χ4n) is 3.93. The van der Waals surface area contributed by atoms with Gasteiger partial charge in [0.2, 0.25) is 11.8 Å². The Kier molecular flexibility index (Phi) is 6.74. The zero-order valence-corrected chi connectivity index (χ0v) is 15.9. The number of aliphatic imine (C=N–C) groups is 1. The molecule has 3 rings (SSSR count). The molecule has 146 valence electrons. The first-order chi connectivity index (χ1) is 12.7. The van der Waals surface area contributed by atoms with Crippen molar-refractivity contribution in [2.45, 2.75) is 57.4 Å². The van der Waals surface area contributed by atoms with Crippen molar-refractivity contribution in [1.29, 1.82) is 0 Å². The normalized spacial score (nSPS) is 24.4. The Morgan fingerprint density at radius 2 is 1.69 bits per heavy atom. The highest BCUT2D eigenvalue weighted by Gasteiger charge is 2.32. The quantitative estimate of drug-likeness (QED) is 0.371. The molecule has 0 aromatic carbocycles. The number of carbonyl (C=O) groups excluding carboxylic acids is 2. The van der Waals surface area contributed by atoms with Gasteiger partial charge in [-0.05, 0) is 32.1 Å². The minimum absolute atomic E-state index is 0.169. The molecule has 2 saturated carbocycles. The maximum Gasteiger partial charge on any atom is 0.225 e. The summed E-state index contributed by atoms with van der Waals surface area (Å²) in [4.78, 5) is 30.5. The van der Waals surface area contributed by atoms with Crippen molar-refractivity contribution in [1.82, 2.24) is 20.9 Å². The number of guanidine groups is 1. The number of hydrogen-bond donors (Lipinski definition) is 3. The van der Waals surface area contributed by atoms with E-state index < -0.39 is 0 Å². The van der Waals surface area contributed by atoms with Gasteiger partial charge in [0.25, 0.3) is 0 Å². The van der Waals surface area contributed by atoms with E-state index >= 15 is 0 Å². The molecule has 0 radical (unpaired) electrons. The summed E-state index contributed by atoms with van der Waals surface area (Å²) in [6.45, 7) is 2.85. The third kappa shape index (κ3) is 5.35. The van der Waals surface area contributed by atoms with E-state index in [-0.39, 0.29) is 23.8 Å². The molecule has 3 aliphatic rings. The van der Waals surface area contributed by atoms with Crippen molar-refractivity contribution in [3.8, 4) is 0 Å². The summed E-state index contributed by atoms with van der Waals surface area (Å²) in [6, 6.07) is 0.245. The zero-order valence-electron chi connectivity index (χ0n) is 15.9. The molecule has 3 N–H and O–H groups in total. The second-order valence-corrected chi connectivity index (χ2v) is 7.81. The Morgan fingerprint density at radius 3 is 2.38 bits per heavy atom. The monoisotopic (exact) mass is 363 g/mol. The van der Waals surface area contributed by atoms with Gasteiger partial charge in [0.1, 0.15) is 0 Å². The van der Waals surface area contributed by atoms with Crippen molar-refractivity contribution in [2.24, 2.45) is 16.8 Å². The predicted molar refractivity (Wildman–Crippen MR) is 102 cm³/mol. The summed E-state index contributed by atoms with van der Waals surface area (Å²) >= 11 is 0. The fraction of sp³-hybridized carbons (Fsp3) is 0.842. The van der Waals surface area contributed by atoms with Crippen molar-refractivity contribution in [3.63, 3.8) is 0 Å². The Hall–Kier alpha value is -1.79. The van der Waals surface area contributed by atoms with Gasteiger partial charge in [-0.25, -0.2) is 0 Å². The van der Waals surface area contributed by atoms with Crippen molar-refractivity contribution >= 4 is 17.8 Å². The summed E-state index contributed by atoms with van der Waals surface area (Å²) in [5.74, 6) is 1.75. The van der Waals surface area contributed by atoms with Crippen LogP contribution in [0.25, 0.3) is 0 Å². The van der Waals surface area contributed by atoms with Gasteiger partial charge in [-0.1, -0.05) is 19.3 Å². The summed E-state index contributed by atoms with van der Waals surface area (Å²) in [7, 11) is 1.75. The SMILES string of the molecule is CN=C(NCCNC(=O)C1CC1)NC1CCN(C(=O)C2CCCCC2)C1. The molecule has 3 fully saturated rings. The molecule has 1 atom stereocenters. The number of nitrogens with one attached hydrogen (secondary N) is 3. The van der Waals surface area contributed by atoms with Gasteiger partial charge < -0.3 is 20.9 Å². The first kappa shape index (κ1) is 19.0. The van der Waals surface area contributed by atoms with Gasteiger partial charge in [0.15, 0.2) is 5.96 Å². The Balaban J connectivity index is 1.34. The number of rotatable bonds is 6. The van der Waals surface area contributed by atoms with Crippen LogP contribution in [0.1, 0.15) is 51.4 Å². The van der Waals surface area contributed by atoms with Crippen LogP contribution in [-0.4, -0.2) is 61.9 Å². The molecule has 2 aliphatic carbocycles. The van der Waals surface area contributed by atoms with Gasteiger partial charge in [-0.2, -0.15) is 0 Å². The third-order valence-corrected chi connectivity index (χ3v) is 5.68. The largest absolute Gasteiger partial charge is 0.355 e. The standard InChI is InChI=1S/C19H33N5O2/c1-20-19(22-11-10-21-17(25)14-7-8-14)23-16-9-12-24(13-16)18(26)15-5-3-2-4-6-15/h14-16H,2-13H2,1H3,(H,21,25)(H2,20,22,23). The summed E-state index contributed by atoms with van der Waals surface area (Å²) in [6.07, 6.45) is 8.79. The van der Waals surface area contributed by atoms with E-state index in [1.165, 1.54) is 19.3 Å². The van der Waals surface area contributed by atoms with Crippen LogP contribution in [0.2, 0.25) is 0 Å². The van der Waals surface area contributed by atoms with Crippen molar-refractivity contribution in [3.05, 3.63) is 0 Å². The first-order valence-electron chi connectivity index (χ1n) is 10.2. The molecule has 7 heteroatoms. The van der Waals surface area contributed by atoms with E-state index in [4.69, 9.17) is 0 Å². The average Bonchev–Trinajstić information content (AvgIpc) is 3.43. The van der Waals surface area contributed by atoms with Crippen LogP contribution in [0.3, 0.4) is 0 Å². The summed E-state index contributed by atoms with van der Waals surface area (Å²) < 4.78 is 0. The number of amides is 2. The molecular formula is C19H33N5O2. The smallest absolute Gasteiger partial charge is 0.225 e. The van der Waals surface area contributed by atoms with Gasteiger partial charge in [-0.3, -0.25) is 14.6 Å².